The summed E-state index contributed by atoms with van der Waals surface area (Å²) in [5.74, 6) is -1.85. The summed E-state index contributed by atoms with van der Waals surface area (Å²) < 4.78 is 0. The molecule has 0 saturated carbocycles. The molecule has 0 radical (unpaired) electrons. The predicted octanol–water partition coefficient (Wildman–Crippen LogP) is 3.80. The molecule has 0 aromatic heterocycles. The van der Waals surface area contributed by atoms with Crippen LogP contribution in [0.3, 0.4) is 0 Å². The summed E-state index contributed by atoms with van der Waals surface area (Å²) in [6.07, 6.45) is 0. The van der Waals surface area contributed by atoms with Crippen LogP contribution >= 0.6 is 11.6 Å². The smallest absolute Gasteiger partial charge is 0.301 e. The maximum absolute atomic E-state index is 12.7. The standard InChI is InChI=1S/C18H14ClNO3/c1-10-6-7-12(8-11(10)2)15-16(21)18(23)20(17(15)22)14-5-3-4-13(19)9-14/h3-9,21H,1-2H3. The van der Waals surface area contributed by atoms with Gasteiger partial charge in [0.1, 0.15) is 0 Å². The van der Waals surface area contributed by atoms with Crippen LogP contribution in [0.4, 0.5) is 5.69 Å². The normalized spacial score (nSPS) is 14.8. The average molecular weight is 328 g/mol. The van der Waals surface area contributed by atoms with E-state index in [1.54, 1.807) is 30.3 Å². The summed E-state index contributed by atoms with van der Waals surface area (Å²) >= 11 is 5.92. The molecule has 0 atom stereocenters. The molecule has 0 aliphatic carbocycles. The van der Waals surface area contributed by atoms with Gasteiger partial charge in [-0.15, -0.1) is 0 Å². The van der Waals surface area contributed by atoms with Crippen LogP contribution in [-0.2, 0) is 9.59 Å². The van der Waals surface area contributed by atoms with E-state index >= 15 is 0 Å². The van der Waals surface area contributed by atoms with E-state index in [4.69, 9.17) is 11.6 Å². The Hall–Kier alpha value is -2.59. The highest BCUT2D eigenvalue weighted by atomic mass is 35.5. The molecule has 2 amide bonds. The number of amides is 2. The highest BCUT2D eigenvalue weighted by Gasteiger charge is 2.40. The minimum Gasteiger partial charge on any atom is -0.502 e. The average Bonchev–Trinajstić information content (AvgIpc) is 2.72. The van der Waals surface area contributed by atoms with Crippen molar-refractivity contribution in [3.05, 3.63) is 69.9 Å². The second-order valence-electron chi connectivity index (χ2n) is 5.45. The van der Waals surface area contributed by atoms with Crippen molar-refractivity contribution in [2.75, 3.05) is 4.90 Å². The number of carbonyl (C=O) groups excluding carboxylic acids is 2. The number of aryl methyl sites for hydroxylation is 2. The second kappa shape index (κ2) is 5.56. The van der Waals surface area contributed by atoms with E-state index in [1.807, 2.05) is 19.9 Å². The predicted molar refractivity (Wildman–Crippen MR) is 89.4 cm³/mol. The van der Waals surface area contributed by atoms with Crippen molar-refractivity contribution in [1.29, 1.82) is 0 Å². The van der Waals surface area contributed by atoms with Gasteiger partial charge in [0.15, 0.2) is 5.76 Å². The van der Waals surface area contributed by atoms with Gasteiger partial charge in [-0.1, -0.05) is 35.9 Å². The van der Waals surface area contributed by atoms with E-state index in [0.29, 0.717) is 16.3 Å². The fourth-order valence-corrected chi connectivity index (χ4v) is 2.71. The Balaban J connectivity index is 2.07. The monoisotopic (exact) mass is 327 g/mol. The second-order valence-corrected chi connectivity index (χ2v) is 5.88. The Kier molecular flexibility index (Phi) is 3.70. The van der Waals surface area contributed by atoms with Gasteiger partial charge in [0.05, 0.1) is 11.3 Å². The molecule has 2 aromatic carbocycles. The fraction of sp³-hybridized carbons (Fsp3) is 0.111. The van der Waals surface area contributed by atoms with Crippen molar-refractivity contribution >= 4 is 34.7 Å². The minimum atomic E-state index is -0.745. The van der Waals surface area contributed by atoms with E-state index in [1.165, 1.54) is 6.07 Å². The molecule has 116 valence electrons. The summed E-state index contributed by atoms with van der Waals surface area (Å²) in [5.41, 5.74) is 2.91. The first kappa shape index (κ1) is 15.3. The van der Waals surface area contributed by atoms with Gasteiger partial charge in [0.2, 0.25) is 0 Å². The first-order valence-corrected chi connectivity index (χ1v) is 7.43. The molecule has 1 N–H and O–H groups in total. The lowest BCUT2D eigenvalue weighted by Gasteiger charge is -2.14. The quantitative estimate of drug-likeness (QED) is 0.853. The summed E-state index contributed by atoms with van der Waals surface area (Å²) in [6.45, 7) is 3.86. The van der Waals surface area contributed by atoms with Crippen LogP contribution in [0, 0.1) is 13.8 Å². The minimum absolute atomic E-state index is 0.0121. The zero-order valence-corrected chi connectivity index (χ0v) is 13.4. The van der Waals surface area contributed by atoms with Gasteiger partial charge in [-0.05, 0) is 48.7 Å². The highest BCUT2D eigenvalue weighted by Crippen LogP contribution is 2.33. The number of benzene rings is 2. The molecule has 1 aliphatic rings. The maximum atomic E-state index is 12.7. The van der Waals surface area contributed by atoms with Gasteiger partial charge in [-0.2, -0.15) is 0 Å². The number of aliphatic hydroxyl groups is 1. The first-order chi connectivity index (χ1) is 10.9. The number of hydrogen-bond acceptors (Lipinski definition) is 3. The van der Waals surface area contributed by atoms with Crippen molar-refractivity contribution in [2.45, 2.75) is 13.8 Å². The van der Waals surface area contributed by atoms with E-state index in [2.05, 4.69) is 0 Å². The third-order valence-corrected chi connectivity index (χ3v) is 4.16. The molecular formula is C18H14ClNO3. The largest absolute Gasteiger partial charge is 0.502 e. The molecule has 0 spiro atoms. The summed E-state index contributed by atoms with van der Waals surface area (Å²) in [6, 6.07) is 11.8. The van der Waals surface area contributed by atoms with Gasteiger partial charge in [-0.25, -0.2) is 4.90 Å². The lowest BCUT2D eigenvalue weighted by molar-refractivity contribution is -0.121. The van der Waals surface area contributed by atoms with Gasteiger partial charge in [0, 0.05) is 5.02 Å². The van der Waals surface area contributed by atoms with Crippen LogP contribution in [-0.4, -0.2) is 16.9 Å². The van der Waals surface area contributed by atoms with Gasteiger partial charge >= 0.3 is 5.91 Å². The van der Waals surface area contributed by atoms with Gasteiger partial charge in [-0.3, -0.25) is 9.59 Å². The Morgan fingerprint density at radius 2 is 1.70 bits per heavy atom. The lowest BCUT2D eigenvalue weighted by Crippen LogP contribution is -2.31. The molecule has 4 nitrogen and oxygen atoms in total. The number of aliphatic hydroxyl groups excluding tert-OH is 1. The molecule has 0 saturated heterocycles. The van der Waals surface area contributed by atoms with Crippen LogP contribution in [0.2, 0.25) is 5.02 Å². The van der Waals surface area contributed by atoms with E-state index < -0.39 is 17.6 Å². The van der Waals surface area contributed by atoms with Crippen LogP contribution in [0.5, 0.6) is 0 Å². The molecule has 0 fully saturated rings. The Morgan fingerprint density at radius 3 is 2.35 bits per heavy atom. The summed E-state index contributed by atoms with van der Waals surface area (Å²) in [4.78, 5) is 25.9. The first-order valence-electron chi connectivity index (χ1n) is 7.05. The zero-order valence-electron chi connectivity index (χ0n) is 12.6. The SMILES string of the molecule is Cc1ccc(C2=C(O)C(=O)N(c3cccc(Cl)c3)C2=O)cc1C. The Morgan fingerprint density at radius 1 is 0.957 bits per heavy atom. The third-order valence-electron chi connectivity index (χ3n) is 3.92. The maximum Gasteiger partial charge on any atom is 0.301 e. The molecule has 0 unspecified atom stereocenters. The molecular weight excluding hydrogens is 314 g/mol. The number of halogens is 1. The van der Waals surface area contributed by atoms with Crippen molar-refractivity contribution in [3.63, 3.8) is 0 Å². The van der Waals surface area contributed by atoms with Crippen molar-refractivity contribution in [3.8, 4) is 0 Å². The summed E-state index contributed by atoms with van der Waals surface area (Å²) in [7, 11) is 0. The van der Waals surface area contributed by atoms with Crippen molar-refractivity contribution in [2.24, 2.45) is 0 Å². The molecule has 1 aliphatic heterocycles. The van der Waals surface area contributed by atoms with E-state index in [-0.39, 0.29) is 5.57 Å². The van der Waals surface area contributed by atoms with E-state index in [9.17, 15) is 14.7 Å². The highest BCUT2D eigenvalue weighted by molar-refractivity contribution is 6.45. The van der Waals surface area contributed by atoms with E-state index in [0.717, 1.165) is 16.0 Å². The van der Waals surface area contributed by atoms with Gasteiger partial charge in [0.25, 0.3) is 5.91 Å². The zero-order chi connectivity index (χ0) is 16.7. The molecule has 2 aromatic rings. The van der Waals surface area contributed by atoms with Crippen LogP contribution in [0.1, 0.15) is 16.7 Å². The van der Waals surface area contributed by atoms with Crippen LogP contribution in [0.25, 0.3) is 5.57 Å². The number of carbonyl (C=O) groups is 2. The lowest BCUT2D eigenvalue weighted by atomic mass is 10.00. The molecule has 3 rings (SSSR count). The number of anilines is 1. The van der Waals surface area contributed by atoms with Crippen LogP contribution in [0.15, 0.2) is 48.2 Å². The van der Waals surface area contributed by atoms with Gasteiger partial charge < -0.3 is 5.11 Å². The van der Waals surface area contributed by atoms with Crippen molar-refractivity contribution < 1.29 is 14.7 Å². The topological polar surface area (TPSA) is 57.6 Å². The van der Waals surface area contributed by atoms with Crippen LogP contribution < -0.4 is 4.90 Å². The molecule has 23 heavy (non-hydrogen) atoms. The summed E-state index contributed by atoms with van der Waals surface area (Å²) in [5, 5.41) is 10.6. The third kappa shape index (κ3) is 2.51. The number of imide groups is 1. The number of hydrogen-bond donors (Lipinski definition) is 1. The number of nitrogens with zero attached hydrogens (tertiary/aromatic N) is 1. The molecule has 5 heteroatoms. The fourth-order valence-electron chi connectivity index (χ4n) is 2.52. The number of rotatable bonds is 2. The molecule has 0 bridgehead atoms. The van der Waals surface area contributed by atoms with Crippen molar-refractivity contribution in [1.82, 2.24) is 0 Å². The Labute approximate surface area is 138 Å². The Bertz CT molecular complexity index is 870. The molecule has 1 heterocycles.